The van der Waals surface area contributed by atoms with E-state index in [0.29, 0.717) is 0 Å². The molecule has 0 atom stereocenters. The van der Waals surface area contributed by atoms with Crippen molar-refractivity contribution in [3.8, 4) is 0 Å². The summed E-state index contributed by atoms with van der Waals surface area (Å²) in [5.74, 6) is 0. The first-order valence-corrected chi connectivity index (χ1v) is 1.35. The minimum absolute atomic E-state index is 0. The molecule has 0 aliphatic carbocycles. The maximum absolute atomic E-state index is 3.56. The molecule has 0 bridgehead atoms. The van der Waals surface area contributed by atoms with E-state index in [1.54, 1.807) is 0 Å². The summed E-state index contributed by atoms with van der Waals surface area (Å²) in [4.78, 5) is 0. The summed E-state index contributed by atoms with van der Waals surface area (Å²) in [5, 5.41) is 0. The summed E-state index contributed by atoms with van der Waals surface area (Å²) >= 11 is 0. The van der Waals surface area contributed by atoms with Gasteiger partial charge in [0.25, 0.3) is 0 Å². The van der Waals surface area contributed by atoms with Crippen molar-refractivity contribution >= 4 is 8.41 Å². The largest absolute Gasteiger partial charge is 0.269 e. The van der Waals surface area contributed by atoms with E-state index in [0.717, 1.165) is 0 Å². The highest BCUT2D eigenvalue weighted by atomic mass is 19.0. The monoisotopic (exact) mass is 127 g/mol. The number of hydrogen-bond acceptors (Lipinski definition) is 0. The molecule has 0 N–H and O–H groups in total. The smallest absolute Gasteiger partial charge is 0 e. The van der Waals surface area contributed by atoms with Crippen molar-refractivity contribution in [2.45, 2.75) is 13.8 Å². The summed E-state index contributed by atoms with van der Waals surface area (Å²) in [6, 6.07) is 0. The minimum Gasteiger partial charge on any atom is -0.269 e. The van der Waals surface area contributed by atoms with Gasteiger partial charge in [0.15, 0.2) is 0 Å². The van der Waals surface area contributed by atoms with E-state index >= 15 is 0 Å². The molecule has 0 rings (SSSR count). The number of hydrogen-bond donors (Lipinski definition) is 0. The second kappa shape index (κ2) is 30.7. The molecule has 0 heterocycles. The van der Waals surface area contributed by atoms with Crippen LogP contribution in [0.2, 0.25) is 0 Å². The normalized spacial score (nSPS) is 3.25. The highest BCUT2D eigenvalue weighted by Gasteiger charge is 1.51. The zero-order valence-corrected chi connectivity index (χ0v) is 5.01. The molecule has 8 heavy (non-hydrogen) atoms. The van der Waals surface area contributed by atoms with Gasteiger partial charge >= 0.3 is 0 Å². The van der Waals surface area contributed by atoms with Gasteiger partial charge in [0, 0.05) is 8.41 Å². The Hall–Kier alpha value is -0.405. The Kier molecular flexibility index (Phi) is 188. The van der Waals surface area contributed by atoms with Gasteiger partial charge in [0.05, 0.1) is 0 Å². The first-order valence-electron chi connectivity index (χ1n) is 1.35. The lowest BCUT2D eigenvalue weighted by Crippen LogP contribution is -1.43. The van der Waals surface area contributed by atoms with E-state index < -0.39 is 0 Å². The van der Waals surface area contributed by atoms with Crippen molar-refractivity contribution in [1.29, 1.82) is 0 Å². The lowest BCUT2D eigenvalue weighted by molar-refractivity contribution is 1.11. The van der Waals surface area contributed by atoms with Gasteiger partial charge in [-0.2, -0.15) is 0 Å². The summed E-state index contributed by atoms with van der Waals surface area (Å²) in [7, 11) is 0. The Morgan fingerprint density at radius 1 is 1.00 bits per heavy atom. The third kappa shape index (κ3) is 720. The second-order valence-electron chi connectivity index (χ2n) is 1.21. The van der Waals surface area contributed by atoms with Gasteiger partial charge in [-0.1, -0.05) is 5.57 Å². The number of rotatable bonds is 0. The molecular weight excluding hydrogens is 116 g/mol. The minimum atomic E-state index is 0. The quantitative estimate of drug-likeness (QED) is 0.342. The zero-order chi connectivity index (χ0) is 3.58. The molecule has 0 aromatic heterocycles. The number of allylic oxidation sites excluding steroid dienone is 1. The Morgan fingerprint density at radius 3 is 1.00 bits per heavy atom. The molecule has 0 aromatic carbocycles. The van der Waals surface area contributed by atoms with Gasteiger partial charge in [0.1, 0.15) is 0 Å². The molecule has 3 radical (unpaired) electrons. The fourth-order valence-corrected chi connectivity index (χ4v) is 0. The predicted molar refractivity (Wildman–Crippen MR) is 33.8 cm³/mol. The van der Waals surface area contributed by atoms with Gasteiger partial charge in [-0.3, -0.25) is 14.1 Å². The van der Waals surface area contributed by atoms with Crippen LogP contribution in [-0.4, -0.2) is 8.41 Å². The molecule has 0 fully saturated rings. The summed E-state index contributed by atoms with van der Waals surface area (Å²) in [6.07, 6.45) is 0. The summed E-state index contributed by atoms with van der Waals surface area (Å²) < 4.78 is 0. The molecule has 0 unspecified atom stereocenters. The van der Waals surface area contributed by atoms with Crippen LogP contribution in [0, 0.1) is 0 Å². The molecular formula is C4H11BF3. The highest BCUT2D eigenvalue weighted by Crippen LogP contribution is 1.73. The lowest BCUT2D eigenvalue weighted by atomic mass is 10.4. The van der Waals surface area contributed by atoms with Crippen LogP contribution >= 0.6 is 0 Å². The number of halogens is 3. The lowest BCUT2D eigenvalue weighted by Gasteiger charge is -1.65. The van der Waals surface area contributed by atoms with Crippen LogP contribution in [0.15, 0.2) is 12.2 Å². The van der Waals surface area contributed by atoms with Crippen molar-refractivity contribution in [1.82, 2.24) is 0 Å². The van der Waals surface area contributed by atoms with E-state index in [-0.39, 0.29) is 22.5 Å². The summed E-state index contributed by atoms with van der Waals surface area (Å²) in [5.41, 5.74) is 1.17. The van der Waals surface area contributed by atoms with E-state index in [1.165, 1.54) is 5.57 Å². The zero-order valence-electron chi connectivity index (χ0n) is 5.01. The van der Waals surface area contributed by atoms with Crippen LogP contribution in [0.5, 0.6) is 0 Å². The first kappa shape index (κ1) is 49.1. The molecule has 0 aromatic rings. The van der Waals surface area contributed by atoms with Gasteiger partial charge in [0.2, 0.25) is 0 Å². The van der Waals surface area contributed by atoms with Crippen molar-refractivity contribution < 1.29 is 14.1 Å². The topological polar surface area (TPSA) is 0 Å². The van der Waals surface area contributed by atoms with Crippen LogP contribution < -0.4 is 0 Å². The van der Waals surface area contributed by atoms with Crippen molar-refractivity contribution in [2.24, 2.45) is 0 Å². The first-order chi connectivity index (χ1) is 1.73. The molecule has 0 aliphatic rings. The average Bonchev–Trinajstić information content (AvgIpc) is 0.811. The molecule has 4 heteroatoms. The molecule has 0 spiro atoms. The Balaban J connectivity index is -0.00000000750. The maximum Gasteiger partial charge on any atom is 0 e. The fourth-order valence-electron chi connectivity index (χ4n) is 0. The molecule has 0 amide bonds. The average molecular weight is 127 g/mol. The molecule has 0 saturated carbocycles. The Labute approximate surface area is 49.7 Å². The van der Waals surface area contributed by atoms with E-state index in [4.69, 9.17) is 0 Å². The standard InChI is InChI=1S/C4H8.B.3FH/c1-4(2)3;;;;/h1H2,2-3H3;;3*1H. The van der Waals surface area contributed by atoms with Gasteiger partial charge in [-0.15, -0.1) is 6.58 Å². The predicted octanol–water partition coefficient (Wildman–Crippen LogP) is 1.66. The molecule has 0 aliphatic heterocycles. The Bertz CT molecular complexity index is 34.3. The SMILES string of the molecule is C=C(C)C.F.F.F.[B]. The maximum atomic E-state index is 3.56. The van der Waals surface area contributed by atoms with Crippen molar-refractivity contribution in [2.75, 3.05) is 0 Å². The van der Waals surface area contributed by atoms with Crippen LogP contribution in [0.4, 0.5) is 14.1 Å². The van der Waals surface area contributed by atoms with Gasteiger partial charge in [-0.25, -0.2) is 0 Å². The van der Waals surface area contributed by atoms with Crippen molar-refractivity contribution in [3.63, 3.8) is 0 Å². The molecule has 51 valence electrons. The van der Waals surface area contributed by atoms with Crippen LogP contribution in [0.3, 0.4) is 0 Å². The molecule has 0 nitrogen and oxygen atoms in total. The van der Waals surface area contributed by atoms with Crippen LogP contribution in [0.25, 0.3) is 0 Å². The van der Waals surface area contributed by atoms with Gasteiger partial charge in [-0.05, 0) is 13.8 Å². The Morgan fingerprint density at radius 2 is 1.00 bits per heavy atom. The van der Waals surface area contributed by atoms with E-state index in [9.17, 15) is 0 Å². The van der Waals surface area contributed by atoms with Crippen LogP contribution in [0.1, 0.15) is 13.8 Å². The third-order valence-corrected chi connectivity index (χ3v) is 0. The van der Waals surface area contributed by atoms with E-state index in [2.05, 4.69) is 6.58 Å². The fraction of sp³-hybridized carbons (Fsp3) is 0.500. The van der Waals surface area contributed by atoms with Crippen molar-refractivity contribution in [3.05, 3.63) is 12.2 Å². The molecule has 0 saturated heterocycles. The van der Waals surface area contributed by atoms with Gasteiger partial charge < -0.3 is 0 Å². The summed E-state index contributed by atoms with van der Waals surface area (Å²) in [6.45, 7) is 7.50. The third-order valence-electron chi connectivity index (χ3n) is 0. The highest BCUT2D eigenvalue weighted by molar-refractivity contribution is 5.75. The van der Waals surface area contributed by atoms with Crippen LogP contribution in [-0.2, 0) is 0 Å². The van der Waals surface area contributed by atoms with E-state index in [1.807, 2.05) is 13.8 Å². The second-order valence-corrected chi connectivity index (χ2v) is 1.21.